The molecule has 2 amide bonds. The Bertz CT molecular complexity index is 856. The van der Waals surface area contributed by atoms with Crippen molar-refractivity contribution >= 4 is 11.8 Å². The molecule has 2 aromatic carbocycles. The van der Waals surface area contributed by atoms with E-state index in [-0.39, 0.29) is 18.4 Å². The molecule has 0 N–H and O–H groups in total. The maximum absolute atomic E-state index is 12.6. The van der Waals surface area contributed by atoms with Crippen LogP contribution in [0.25, 0.3) is 0 Å². The molecule has 0 radical (unpaired) electrons. The van der Waals surface area contributed by atoms with E-state index >= 15 is 0 Å². The van der Waals surface area contributed by atoms with Gasteiger partial charge in [0.05, 0.1) is 0 Å². The Balaban J connectivity index is 1.45. The monoisotopic (exact) mass is 394 g/mol. The average Bonchev–Trinajstić information content (AvgIpc) is 2.75. The van der Waals surface area contributed by atoms with Gasteiger partial charge >= 0.3 is 0 Å². The molecule has 154 valence electrons. The predicted octanol–water partition coefficient (Wildman–Crippen LogP) is 3.29. The van der Waals surface area contributed by atoms with E-state index in [0.29, 0.717) is 32.6 Å². The van der Waals surface area contributed by atoms with E-state index in [1.165, 1.54) is 5.56 Å². The Labute approximate surface area is 173 Å². The molecule has 1 saturated heterocycles. The molecule has 0 aromatic heterocycles. The van der Waals surface area contributed by atoms with Crippen LogP contribution in [0.5, 0.6) is 5.75 Å². The zero-order chi connectivity index (χ0) is 20.8. The van der Waals surface area contributed by atoms with Crippen molar-refractivity contribution in [3.05, 3.63) is 64.7 Å². The highest BCUT2D eigenvalue weighted by Gasteiger charge is 2.24. The molecule has 5 heteroatoms. The average molecular weight is 395 g/mol. The first-order chi connectivity index (χ1) is 14.0. The van der Waals surface area contributed by atoms with Gasteiger partial charge in [-0.1, -0.05) is 42.5 Å². The maximum Gasteiger partial charge on any atom is 0.260 e. The summed E-state index contributed by atoms with van der Waals surface area (Å²) in [5.41, 5.74) is 4.44. The third kappa shape index (κ3) is 5.37. The van der Waals surface area contributed by atoms with E-state index in [4.69, 9.17) is 4.74 Å². The van der Waals surface area contributed by atoms with Crippen molar-refractivity contribution in [2.24, 2.45) is 0 Å². The number of hydrogen-bond acceptors (Lipinski definition) is 3. The second-order valence-electron chi connectivity index (χ2n) is 7.69. The minimum absolute atomic E-state index is 0.0262. The lowest BCUT2D eigenvalue weighted by Crippen LogP contribution is -2.51. The van der Waals surface area contributed by atoms with Crippen LogP contribution in [0.4, 0.5) is 0 Å². The van der Waals surface area contributed by atoms with Gasteiger partial charge in [0.2, 0.25) is 5.91 Å². The van der Waals surface area contributed by atoms with Crippen molar-refractivity contribution in [2.75, 3.05) is 32.8 Å². The highest BCUT2D eigenvalue weighted by atomic mass is 16.5. The number of hydrogen-bond donors (Lipinski definition) is 0. The first kappa shape index (κ1) is 20.9. The van der Waals surface area contributed by atoms with Gasteiger partial charge in [0.25, 0.3) is 5.91 Å². The molecule has 5 nitrogen and oxygen atoms in total. The zero-order valence-corrected chi connectivity index (χ0v) is 17.6. The number of amides is 2. The number of carbonyl (C=O) groups excluding carboxylic acids is 2. The van der Waals surface area contributed by atoms with Gasteiger partial charge < -0.3 is 14.5 Å². The number of piperazine rings is 1. The van der Waals surface area contributed by atoms with Crippen LogP contribution in [0.1, 0.15) is 28.7 Å². The smallest absolute Gasteiger partial charge is 0.260 e. The summed E-state index contributed by atoms with van der Waals surface area (Å²) in [6.45, 7) is 8.37. The second-order valence-corrected chi connectivity index (χ2v) is 7.69. The molecule has 0 bridgehead atoms. The highest BCUT2D eigenvalue weighted by molar-refractivity contribution is 5.79. The molecule has 0 spiro atoms. The number of nitrogens with zero attached hydrogens (tertiary/aromatic N) is 2. The fourth-order valence-electron chi connectivity index (χ4n) is 3.63. The van der Waals surface area contributed by atoms with E-state index in [2.05, 4.69) is 6.07 Å². The molecule has 0 saturated carbocycles. The summed E-state index contributed by atoms with van der Waals surface area (Å²) in [6.07, 6.45) is 1.26. The van der Waals surface area contributed by atoms with Crippen molar-refractivity contribution in [2.45, 2.75) is 33.6 Å². The third-order valence-electron chi connectivity index (χ3n) is 5.67. The molecule has 1 fully saturated rings. The largest absolute Gasteiger partial charge is 0.483 e. The summed E-state index contributed by atoms with van der Waals surface area (Å²) in [5.74, 6) is 0.929. The quantitative estimate of drug-likeness (QED) is 0.755. The maximum atomic E-state index is 12.6. The number of benzene rings is 2. The van der Waals surface area contributed by atoms with Crippen molar-refractivity contribution in [1.82, 2.24) is 9.80 Å². The van der Waals surface area contributed by atoms with Gasteiger partial charge in [-0.05, 0) is 49.4 Å². The van der Waals surface area contributed by atoms with Crippen LogP contribution in [-0.4, -0.2) is 54.4 Å². The van der Waals surface area contributed by atoms with Crippen LogP contribution in [0.3, 0.4) is 0 Å². The Morgan fingerprint density at radius 3 is 2.07 bits per heavy atom. The fraction of sp³-hybridized carbons (Fsp3) is 0.417. The lowest BCUT2D eigenvalue weighted by atomic mass is 10.1. The lowest BCUT2D eigenvalue weighted by molar-refractivity contribution is -0.140. The van der Waals surface area contributed by atoms with Crippen LogP contribution >= 0.6 is 0 Å². The Morgan fingerprint density at radius 1 is 0.828 bits per heavy atom. The summed E-state index contributed by atoms with van der Waals surface area (Å²) in [4.78, 5) is 28.7. The lowest BCUT2D eigenvalue weighted by Gasteiger charge is -2.35. The van der Waals surface area contributed by atoms with Gasteiger partial charge in [-0.15, -0.1) is 0 Å². The molecular formula is C24H30N2O3. The van der Waals surface area contributed by atoms with Gasteiger partial charge in [-0.3, -0.25) is 9.59 Å². The van der Waals surface area contributed by atoms with Crippen LogP contribution in [0, 0.1) is 20.8 Å². The fourth-order valence-corrected chi connectivity index (χ4v) is 3.63. The zero-order valence-electron chi connectivity index (χ0n) is 17.6. The first-order valence-corrected chi connectivity index (χ1v) is 10.2. The molecule has 0 atom stereocenters. The number of ether oxygens (including phenoxy) is 1. The molecule has 29 heavy (non-hydrogen) atoms. The van der Waals surface area contributed by atoms with Crippen LogP contribution < -0.4 is 4.74 Å². The van der Waals surface area contributed by atoms with Crippen LogP contribution in [0.15, 0.2) is 42.5 Å². The van der Waals surface area contributed by atoms with E-state index < -0.39 is 0 Å². The molecular weight excluding hydrogens is 364 g/mol. The SMILES string of the molecule is Cc1ccc(C)c(OCC(=O)N2CCN(C(=O)CCc3ccccc3)CC2)c1C. The van der Waals surface area contributed by atoms with E-state index in [1.54, 1.807) is 4.90 Å². The summed E-state index contributed by atoms with van der Waals surface area (Å²) in [5, 5.41) is 0. The Kier molecular flexibility index (Phi) is 6.91. The third-order valence-corrected chi connectivity index (χ3v) is 5.67. The molecule has 1 heterocycles. The molecule has 1 aliphatic rings. The van der Waals surface area contributed by atoms with Crippen LogP contribution in [-0.2, 0) is 16.0 Å². The van der Waals surface area contributed by atoms with Gasteiger partial charge in [-0.2, -0.15) is 0 Å². The molecule has 3 rings (SSSR count). The van der Waals surface area contributed by atoms with Crippen LogP contribution in [0.2, 0.25) is 0 Å². The van der Waals surface area contributed by atoms with Gasteiger partial charge in [-0.25, -0.2) is 0 Å². The summed E-state index contributed by atoms with van der Waals surface area (Å²) < 4.78 is 5.85. The second kappa shape index (κ2) is 9.59. The molecule has 0 aliphatic carbocycles. The molecule has 1 aliphatic heterocycles. The Morgan fingerprint density at radius 2 is 1.41 bits per heavy atom. The van der Waals surface area contributed by atoms with Crippen molar-refractivity contribution in [1.29, 1.82) is 0 Å². The topological polar surface area (TPSA) is 49.9 Å². The van der Waals surface area contributed by atoms with E-state index in [0.717, 1.165) is 28.9 Å². The van der Waals surface area contributed by atoms with Crippen molar-refractivity contribution < 1.29 is 14.3 Å². The summed E-state index contributed by atoms with van der Waals surface area (Å²) in [7, 11) is 0. The molecule has 0 unspecified atom stereocenters. The van der Waals surface area contributed by atoms with Gasteiger partial charge in [0.1, 0.15) is 5.75 Å². The van der Waals surface area contributed by atoms with E-state index in [9.17, 15) is 9.59 Å². The highest BCUT2D eigenvalue weighted by Crippen LogP contribution is 2.25. The first-order valence-electron chi connectivity index (χ1n) is 10.2. The minimum atomic E-state index is -0.0262. The Hall–Kier alpha value is -2.82. The van der Waals surface area contributed by atoms with Gasteiger partial charge in [0.15, 0.2) is 6.61 Å². The number of carbonyl (C=O) groups is 2. The minimum Gasteiger partial charge on any atom is -0.483 e. The molecule has 2 aromatic rings. The van der Waals surface area contributed by atoms with Crippen molar-refractivity contribution in [3.8, 4) is 5.75 Å². The summed E-state index contributed by atoms with van der Waals surface area (Å²) >= 11 is 0. The number of rotatable bonds is 6. The summed E-state index contributed by atoms with van der Waals surface area (Å²) in [6, 6.07) is 14.1. The van der Waals surface area contributed by atoms with Gasteiger partial charge in [0, 0.05) is 32.6 Å². The van der Waals surface area contributed by atoms with Crippen molar-refractivity contribution in [3.63, 3.8) is 0 Å². The number of aryl methyl sites for hydroxylation is 3. The van der Waals surface area contributed by atoms with E-state index in [1.807, 2.05) is 62.1 Å². The standard InChI is InChI=1S/C24H30N2O3/c1-18-9-10-19(2)24(20(18)3)29-17-23(28)26-15-13-25(14-16-26)22(27)12-11-21-7-5-4-6-8-21/h4-10H,11-17H2,1-3H3. The predicted molar refractivity (Wildman–Crippen MR) is 114 cm³/mol. The normalized spacial score (nSPS) is 14.0.